The third-order valence-corrected chi connectivity index (χ3v) is 4.53. The number of benzene rings is 1. The van der Waals surface area contributed by atoms with Crippen molar-refractivity contribution in [3.63, 3.8) is 0 Å². The highest BCUT2D eigenvalue weighted by atomic mass is 35.5. The summed E-state index contributed by atoms with van der Waals surface area (Å²) < 4.78 is 0. The van der Waals surface area contributed by atoms with Crippen molar-refractivity contribution in [1.29, 1.82) is 0 Å². The minimum absolute atomic E-state index is 0.141. The molecule has 0 spiro atoms. The molecule has 0 heterocycles. The van der Waals surface area contributed by atoms with Crippen molar-refractivity contribution in [1.82, 2.24) is 0 Å². The first-order valence-electron chi connectivity index (χ1n) is 6.52. The van der Waals surface area contributed by atoms with Crippen LogP contribution in [-0.4, -0.2) is 0 Å². The molecule has 0 radical (unpaired) electrons. The van der Waals surface area contributed by atoms with Crippen LogP contribution < -0.4 is 5.73 Å². The number of rotatable bonds is 2. The summed E-state index contributed by atoms with van der Waals surface area (Å²) in [7, 11) is 0. The van der Waals surface area contributed by atoms with Crippen molar-refractivity contribution < 1.29 is 0 Å². The average molecular weight is 252 g/mol. The summed E-state index contributed by atoms with van der Waals surface area (Å²) in [6.07, 6.45) is 5.20. The summed E-state index contributed by atoms with van der Waals surface area (Å²) in [5.74, 6) is 0.581. The molecular weight excluding hydrogens is 230 g/mol. The Bertz CT molecular complexity index is 369. The second-order valence-corrected chi connectivity index (χ2v) is 6.35. The fraction of sp³-hybridized carbons (Fsp3) is 0.600. The fourth-order valence-electron chi connectivity index (χ4n) is 3.10. The number of halogens is 1. The van der Waals surface area contributed by atoms with Crippen LogP contribution in [0.2, 0.25) is 5.02 Å². The Hall–Kier alpha value is -0.530. The minimum atomic E-state index is 0.141. The van der Waals surface area contributed by atoms with Crippen molar-refractivity contribution in [3.05, 3.63) is 34.9 Å². The molecule has 0 amide bonds. The zero-order chi connectivity index (χ0) is 12.5. The van der Waals surface area contributed by atoms with Gasteiger partial charge in [-0.2, -0.15) is 0 Å². The molecule has 2 rings (SSSR count). The molecule has 0 saturated heterocycles. The van der Waals surface area contributed by atoms with Gasteiger partial charge >= 0.3 is 0 Å². The molecule has 1 aromatic rings. The molecule has 1 aromatic carbocycles. The van der Waals surface area contributed by atoms with Crippen LogP contribution in [0.4, 0.5) is 0 Å². The molecule has 0 aromatic heterocycles. The van der Waals surface area contributed by atoms with Gasteiger partial charge in [0.15, 0.2) is 0 Å². The van der Waals surface area contributed by atoms with Crippen molar-refractivity contribution in [2.75, 3.05) is 0 Å². The van der Waals surface area contributed by atoms with Gasteiger partial charge in [-0.15, -0.1) is 0 Å². The second-order valence-electron chi connectivity index (χ2n) is 5.92. The van der Waals surface area contributed by atoms with E-state index in [1.165, 1.54) is 31.2 Å². The summed E-state index contributed by atoms with van der Waals surface area (Å²) in [6, 6.07) is 8.15. The van der Waals surface area contributed by atoms with E-state index in [0.717, 1.165) is 5.02 Å². The first kappa shape index (κ1) is 12.9. The van der Waals surface area contributed by atoms with Crippen LogP contribution in [0.15, 0.2) is 24.3 Å². The van der Waals surface area contributed by atoms with Crippen LogP contribution in [0.1, 0.15) is 51.1 Å². The first-order valence-corrected chi connectivity index (χ1v) is 6.89. The van der Waals surface area contributed by atoms with Crippen LogP contribution in [0.5, 0.6) is 0 Å². The van der Waals surface area contributed by atoms with Crippen molar-refractivity contribution >= 4 is 11.6 Å². The van der Waals surface area contributed by atoms with Crippen LogP contribution >= 0.6 is 11.6 Å². The molecule has 1 aliphatic carbocycles. The van der Waals surface area contributed by atoms with Gasteiger partial charge in [0.05, 0.1) is 0 Å². The van der Waals surface area contributed by atoms with Crippen molar-refractivity contribution in [2.45, 2.75) is 45.6 Å². The molecule has 1 saturated carbocycles. The molecule has 1 nitrogen and oxygen atoms in total. The first-order chi connectivity index (χ1) is 8.00. The number of hydrogen-bond donors (Lipinski definition) is 1. The summed E-state index contributed by atoms with van der Waals surface area (Å²) in [5, 5.41) is 0.781. The van der Waals surface area contributed by atoms with Gasteiger partial charge in [0.2, 0.25) is 0 Å². The summed E-state index contributed by atoms with van der Waals surface area (Å²) >= 11 is 5.92. The van der Waals surface area contributed by atoms with E-state index in [9.17, 15) is 0 Å². The van der Waals surface area contributed by atoms with Gasteiger partial charge < -0.3 is 5.73 Å². The average Bonchev–Trinajstić information content (AvgIpc) is 2.28. The SMILES string of the molecule is CC1(C)CCCCC1C(N)c1ccc(Cl)cc1. The summed E-state index contributed by atoms with van der Waals surface area (Å²) in [5.41, 5.74) is 8.03. The quantitative estimate of drug-likeness (QED) is 0.820. The third-order valence-electron chi connectivity index (χ3n) is 4.28. The highest BCUT2D eigenvalue weighted by Gasteiger charge is 2.36. The molecule has 0 bridgehead atoms. The molecule has 0 aliphatic heterocycles. The van der Waals surface area contributed by atoms with E-state index < -0.39 is 0 Å². The Morgan fingerprint density at radius 1 is 1.24 bits per heavy atom. The van der Waals surface area contributed by atoms with E-state index in [2.05, 4.69) is 26.0 Å². The van der Waals surface area contributed by atoms with Crippen LogP contribution in [0.3, 0.4) is 0 Å². The van der Waals surface area contributed by atoms with E-state index in [1.807, 2.05) is 12.1 Å². The number of hydrogen-bond acceptors (Lipinski definition) is 1. The molecule has 2 atom stereocenters. The summed E-state index contributed by atoms with van der Waals surface area (Å²) in [4.78, 5) is 0. The second kappa shape index (κ2) is 4.99. The summed E-state index contributed by atoms with van der Waals surface area (Å²) in [6.45, 7) is 4.71. The Kier molecular flexibility index (Phi) is 3.79. The van der Waals surface area contributed by atoms with Gasteiger partial charge in [0, 0.05) is 11.1 Å². The molecule has 1 fully saturated rings. The Morgan fingerprint density at radius 3 is 2.47 bits per heavy atom. The van der Waals surface area contributed by atoms with E-state index in [0.29, 0.717) is 11.3 Å². The smallest absolute Gasteiger partial charge is 0.0406 e. The maximum absolute atomic E-state index is 6.45. The predicted molar refractivity (Wildman–Crippen MR) is 74.1 cm³/mol. The van der Waals surface area contributed by atoms with Crippen LogP contribution in [0, 0.1) is 11.3 Å². The highest BCUT2D eigenvalue weighted by molar-refractivity contribution is 6.30. The Labute approximate surface area is 109 Å². The zero-order valence-electron chi connectivity index (χ0n) is 10.7. The van der Waals surface area contributed by atoms with E-state index in [-0.39, 0.29) is 6.04 Å². The van der Waals surface area contributed by atoms with Gasteiger partial charge in [-0.05, 0) is 41.9 Å². The fourth-order valence-corrected chi connectivity index (χ4v) is 3.23. The topological polar surface area (TPSA) is 26.0 Å². The van der Waals surface area contributed by atoms with E-state index in [4.69, 9.17) is 17.3 Å². The van der Waals surface area contributed by atoms with Gasteiger partial charge in [0.25, 0.3) is 0 Å². The van der Waals surface area contributed by atoms with E-state index >= 15 is 0 Å². The molecular formula is C15H22ClN. The molecule has 1 aliphatic rings. The van der Waals surface area contributed by atoms with Gasteiger partial charge in [-0.3, -0.25) is 0 Å². The van der Waals surface area contributed by atoms with Crippen molar-refractivity contribution in [2.24, 2.45) is 17.1 Å². The maximum Gasteiger partial charge on any atom is 0.0406 e. The van der Waals surface area contributed by atoms with Gasteiger partial charge in [0.1, 0.15) is 0 Å². The van der Waals surface area contributed by atoms with Crippen LogP contribution in [0.25, 0.3) is 0 Å². The molecule has 17 heavy (non-hydrogen) atoms. The molecule has 2 N–H and O–H groups in total. The van der Waals surface area contributed by atoms with Crippen molar-refractivity contribution in [3.8, 4) is 0 Å². The highest BCUT2D eigenvalue weighted by Crippen LogP contribution is 2.45. The minimum Gasteiger partial charge on any atom is -0.324 e. The number of nitrogens with two attached hydrogens (primary N) is 1. The van der Waals surface area contributed by atoms with Gasteiger partial charge in [-0.25, -0.2) is 0 Å². The van der Waals surface area contributed by atoms with Gasteiger partial charge in [-0.1, -0.05) is 50.4 Å². The third kappa shape index (κ3) is 2.83. The molecule has 94 valence electrons. The zero-order valence-corrected chi connectivity index (χ0v) is 11.5. The lowest BCUT2D eigenvalue weighted by atomic mass is 9.65. The maximum atomic E-state index is 6.45. The Balaban J connectivity index is 2.18. The standard InChI is InChI=1S/C15H22ClN/c1-15(2)10-4-3-5-13(15)14(17)11-6-8-12(16)9-7-11/h6-9,13-14H,3-5,10,17H2,1-2H3. The molecule has 2 unspecified atom stereocenters. The van der Waals surface area contributed by atoms with Crippen LogP contribution in [-0.2, 0) is 0 Å². The lowest BCUT2D eigenvalue weighted by molar-refractivity contribution is 0.112. The lowest BCUT2D eigenvalue weighted by Gasteiger charge is -2.42. The normalized spacial score (nSPS) is 25.5. The lowest BCUT2D eigenvalue weighted by Crippen LogP contribution is -2.36. The Morgan fingerprint density at radius 2 is 1.88 bits per heavy atom. The van der Waals surface area contributed by atoms with E-state index in [1.54, 1.807) is 0 Å². The predicted octanol–water partition coefficient (Wildman–Crippen LogP) is 4.56. The molecule has 2 heteroatoms. The largest absolute Gasteiger partial charge is 0.324 e. The monoisotopic (exact) mass is 251 g/mol.